The van der Waals surface area contributed by atoms with Crippen LogP contribution in [0.3, 0.4) is 0 Å². The Morgan fingerprint density at radius 3 is 2.30 bits per heavy atom. The minimum atomic E-state index is 0.0156. The van der Waals surface area contributed by atoms with Gasteiger partial charge in [0.2, 0.25) is 0 Å². The van der Waals surface area contributed by atoms with E-state index in [1.54, 1.807) is 0 Å². The SMILES string of the molecule is c1ccc2c(c1)c1ccccc1n2CCCOC1CCCCO1. The summed E-state index contributed by atoms with van der Waals surface area (Å²) in [5.41, 5.74) is 2.62. The van der Waals surface area contributed by atoms with Crippen LogP contribution in [0.5, 0.6) is 0 Å². The Balaban J connectivity index is 1.49. The van der Waals surface area contributed by atoms with Gasteiger partial charge >= 0.3 is 0 Å². The van der Waals surface area contributed by atoms with Gasteiger partial charge in [-0.25, -0.2) is 0 Å². The van der Waals surface area contributed by atoms with E-state index in [2.05, 4.69) is 53.1 Å². The second-order valence-corrected chi connectivity index (χ2v) is 6.21. The van der Waals surface area contributed by atoms with Crippen LogP contribution >= 0.6 is 0 Å². The summed E-state index contributed by atoms with van der Waals surface area (Å²) >= 11 is 0. The van der Waals surface area contributed by atoms with E-state index >= 15 is 0 Å². The molecule has 4 rings (SSSR count). The van der Waals surface area contributed by atoms with Crippen molar-refractivity contribution in [2.45, 2.75) is 38.5 Å². The topological polar surface area (TPSA) is 23.4 Å². The standard InChI is InChI=1S/C20H23NO2/c1-3-10-18-16(8-1)17-9-2-4-11-19(17)21(18)13-7-15-23-20-12-5-6-14-22-20/h1-4,8-11,20H,5-7,12-15H2. The maximum atomic E-state index is 5.87. The van der Waals surface area contributed by atoms with Gasteiger partial charge in [-0.1, -0.05) is 36.4 Å². The predicted molar refractivity (Wildman–Crippen MR) is 93.6 cm³/mol. The first-order chi connectivity index (χ1) is 11.4. The first-order valence-corrected chi connectivity index (χ1v) is 8.63. The molecule has 0 aliphatic carbocycles. The van der Waals surface area contributed by atoms with E-state index in [1.165, 1.54) is 34.6 Å². The van der Waals surface area contributed by atoms with E-state index in [1.807, 2.05) is 0 Å². The highest BCUT2D eigenvalue weighted by Crippen LogP contribution is 2.28. The number of para-hydroxylation sites is 2. The van der Waals surface area contributed by atoms with Crippen LogP contribution in [-0.2, 0) is 16.0 Å². The van der Waals surface area contributed by atoms with Crippen molar-refractivity contribution in [2.75, 3.05) is 13.2 Å². The molecule has 120 valence electrons. The van der Waals surface area contributed by atoms with Crippen molar-refractivity contribution in [2.24, 2.45) is 0 Å². The summed E-state index contributed by atoms with van der Waals surface area (Å²) in [6.45, 7) is 2.57. The molecule has 1 aliphatic heterocycles. The first kappa shape index (κ1) is 14.7. The van der Waals surface area contributed by atoms with Gasteiger partial charge in [0.05, 0.1) is 6.61 Å². The van der Waals surface area contributed by atoms with Crippen LogP contribution in [0.2, 0.25) is 0 Å². The molecule has 2 aromatic carbocycles. The fraction of sp³-hybridized carbons (Fsp3) is 0.400. The Kier molecular flexibility index (Phi) is 4.31. The summed E-state index contributed by atoms with van der Waals surface area (Å²) in [5.74, 6) is 0. The Morgan fingerprint density at radius 1 is 0.957 bits per heavy atom. The number of hydrogen-bond acceptors (Lipinski definition) is 2. The minimum absolute atomic E-state index is 0.0156. The van der Waals surface area contributed by atoms with Gasteiger partial charge in [0.25, 0.3) is 0 Å². The number of aryl methyl sites for hydroxylation is 1. The molecule has 3 heteroatoms. The Bertz CT molecular complexity index is 733. The lowest BCUT2D eigenvalue weighted by atomic mass is 10.2. The van der Waals surface area contributed by atoms with Gasteiger partial charge in [0.1, 0.15) is 0 Å². The predicted octanol–water partition coefficient (Wildman–Crippen LogP) is 4.73. The maximum Gasteiger partial charge on any atom is 0.157 e. The van der Waals surface area contributed by atoms with E-state index in [9.17, 15) is 0 Å². The van der Waals surface area contributed by atoms with Crippen LogP contribution in [0.1, 0.15) is 25.7 Å². The Morgan fingerprint density at radius 2 is 1.65 bits per heavy atom. The highest BCUT2D eigenvalue weighted by molar-refractivity contribution is 6.07. The fourth-order valence-corrected chi connectivity index (χ4v) is 3.52. The molecule has 0 amide bonds. The Labute approximate surface area is 136 Å². The summed E-state index contributed by atoms with van der Waals surface area (Å²) in [6.07, 6.45) is 4.44. The average Bonchev–Trinajstić information content (AvgIpc) is 2.94. The monoisotopic (exact) mass is 309 g/mol. The Hall–Kier alpha value is -1.84. The molecule has 1 aromatic heterocycles. The van der Waals surface area contributed by atoms with Crippen molar-refractivity contribution < 1.29 is 9.47 Å². The van der Waals surface area contributed by atoms with E-state index in [-0.39, 0.29) is 6.29 Å². The third kappa shape index (κ3) is 2.99. The fourth-order valence-electron chi connectivity index (χ4n) is 3.52. The lowest BCUT2D eigenvalue weighted by Gasteiger charge is -2.22. The molecule has 0 saturated carbocycles. The second-order valence-electron chi connectivity index (χ2n) is 6.21. The molecule has 1 atom stereocenters. The number of nitrogens with zero attached hydrogens (tertiary/aromatic N) is 1. The molecule has 0 bridgehead atoms. The van der Waals surface area contributed by atoms with Gasteiger partial charge in [-0.15, -0.1) is 0 Å². The molecular weight excluding hydrogens is 286 g/mol. The number of hydrogen-bond donors (Lipinski definition) is 0. The zero-order chi connectivity index (χ0) is 15.5. The zero-order valence-electron chi connectivity index (χ0n) is 13.4. The van der Waals surface area contributed by atoms with Crippen LogP contribution in [0.15, 0.2) is 48.5 Å². The molecule has 0 spiro atoms. The summed E-state index contributed by atoms with van der Waals surface area (Å²) in [5, 5.41) is 2.67. The molecule has 0 N–H and O–H groups in total. The molecule has 1 unspecified atom stereocenters. The maximum absolute atomic E-state index is 5.87. The van der Waals surface area contributed by atoms with Crippen molar-refractivity contribution >= 4 is 21.8 Å². The molecular formula is C20H23NO2. The number of fused-ring (bicyclic) bond motifs is 3. The van der Waals surface area contributed by atoms with Crippen molar-refractivity contribution in [3.63, 3.8) is 0 Å². The van der Waals surface area contributed by atoms with E-state index in [4.69, 9.17) is 9.47 Å². The van der Waals surface area contributed by atoms with Gasteiger partial charge in [-0.3, -0.25) is 0 Å². The second kappa shape index (κ2) is 6.73. The average molecular weight is 309 g/mol. The van der Waals surface area contributed by atoms with Crippen LogP contribution in [-0.4, -0.2) is 24.1 Å². The third-order valence-corrected chi connectivity index (χ3v) is 4.65. The molecule has 2 heterocycles. The van der Waals surface area contributed by atoms with Gasteiger partial charge in [0, 0.05) is 35.0 Å². The number of benzene rings is 2. The number of ether oxygens (including phenoxy) is 2. The molecule has 1 saturated heterocycles. The van der Waals surface area contributed by atoms with Gasteiger partial charge < -0.3 is 14.0 Å². The molecule has 3 nitrogen and oxygen atoms in total. The van der Waals surface area contributed by atoms with Crippen LogP contribution in [0.25, 0.3) is 21.8 Å². The quantitative estimate of drug-likeness (QED) is 0.636. The van der Waals surface area contributed by atoms with E-state index < -0.39 is 0 Å². The zero-order valence-corrected chi connectivity index (χ0v) is 13.4. The molecule has 3 aromatic rings. The summed E-state index contributed by atoms with van der Waals surface area (Å²) in [6, 6.07) is 17.3. The minimum Gasteiger partial charge on any atom is -0.353 e. The molecule has 1 aliphatic rings. The lowest BCUT2D eigenvalue weighted by molar-refractivity contribution is -0.162. The van der Waals surface area contributed by atoms with Crippen molar-refractivity contribution in [3.8, 4) is 0 Å². The van der Waals surface area contributed by atoms with E-state index in [0.717, 1.165) is 32.6 Å². The van der Waals surface area contributed by atoms with Gasteiger partial charge in [-0.2, -0.15) is 0 Å². The normalized spacial score (nSPS) is 18.7. The van der Waals surface area contributed by atoms with Crippen LogP contribution in [0, 0.1) is 0 Å². The summed E-state index contributed by atoms with van der Waals surface area (Å²) in [4.78, 5) is 0. The van der Waals surface area contributed by atoms with E-state index in [0.29, 0.717) is 0 Å². The van der Waals surface area contributed by atoms with Gasteiger partial charge in [-0.05, 0) is 37.8 Å². The molecule has 23 heavy (non-hydrogen) atoms. The first-order valence-electron chi connectivity index (χ1n) is 8.63. The molecule has 1 fully saturated rings. The van der Waals surface area contributed by atoms with Crippen molar-refractivity contribution in [1.29, 1.82) is 0 Å². The summed E-state index contributed by atoms with van der Waals surface area (Å²) < 4.78 is 13.9. The molecule has 0 radical (unpaired) electrons. The summed E-state index contributed by atoms with van der Waals surface area (Å²) in [7, 11) is 0. The highest BCUT2D eigenvalue weighted by Gasteiger charge is 2.14. The number of rotatable bonds is 5. The van der Waals surface area contributed by atoms with Crippen LogP contribution < -0.4 is 0 Å². The lowest BCUT2D eigenvalue weighted by Crippen LogP contribution is -2.23. The van der Waals surface area contributed by atoms with Crippen molar-refractivity contribution in [1.82, 2.24) is 4.57 Å². The number of aromatic nitrogens is 1. The third-order valence-electron chi connectivity index (χ3n) is 4.65. The largest absolute Gasteiger partial charge is 0.353 e. The van der Waals surface area contributed by atoms with Crippen LogP contribution in [0.4, 0.5) is 0 Å². The van der Waals surface area contributed by atoms with Crippen molar-refractivity contribution in [3.05, 3.63) is 48.5 Å². The smallest absolute Gasteiger partial charge is 0.157 e. The van der Waals surface area contributed by atoms with Gasteiger partial charge in [0.15, 0.2) is 6.29 Å². The highest BCUT2D eigenvalue weighted by atomic mass is 16.7.